The van der Waals surface area contributed by atoms with E-state index in [1.807, 2.05) is 13.8 Å². The van der Waals surface area contributed by atoms with Crippen molar-refractivity contribution in [3.63, 3.8) is 0 Å². The Morgan fingerprint density at radius 1 is 1.33 bits per heavy atom. The Hall–Kier alpha value is -1.82. The lowest BCUT2D eigenvalue weighted by Crippen LogP contribution is -2.17. The average molecular weight is 248 g/mol. The molecule has 0 amide bonds. The summed E-state index contributed by atoms with van der Waals surface area (Å²) in [6.45, 7) is 5.68. The van der Waals surface area contributed by atoms with Crippen molar-refractivity contribution in [3.8, 4) is 11.5 Å². The monoisotopic (exact) mass is 248 g/mol. The van der Waals surface area contributed by atoms with Gasteiger partial charge in [-0.1, -0.05) is 19.0 Å². The van der Waals surface area contributed by atoms with Crippen molar-refractivity contribution in [2.24, 2.45) is 5.92 Å². The van der Waals surface area contributed by atoms with Crippen LogP contribution in [0.5, 0.6) is 0 Å². The van der Waals surface area contributed by atoms with E-state index in [9.17, 15) is 5.11 Å². The van der Waals surface area contributed by atoms with Gasteiger partial charge in [0, 0.05) is 6.20 Å². The van der Waals surface area contributed by atoms with Crippen LogP contribution in [-0.4, -0.2) is 31.3 Å². The van der Waals surface area contributed by atoms with E-state index >= 15 is 0 Å². The first-order valence-electron chi connectivity index (χ1n) is 5.87. The van der Waals surface area contributed by atoms with Crippen molar-refractivity contribution in [2.45, 2.75) is 33.3 Å². The van der Waals surface area contributed by atoms with Gasteiger partial charge < -0.3 is 9.63 Å². The van der Waals surface area contributed by atoms with Crippen LogP contribution in [0.1, 0.15) is 25.6 Å². The Balaban J connectivity index is 2.15. The van der Waals surface area contributed by atoms with Crippen LogP contribution in [0.4, 0.5) is 0 Å². The Morgan fingerprint density at radius 2 is 2.11 bits per heavy atom. The predicted octanol–water partition coefficient (Wildman–Crippen LogP) is 1.39. The molecular weight excluding hydrogens is 232 g/mol. The molecule has 0 aliphatic carbocycles. The number of rotatable bonds is 4. The van der Waals surface area contributed by atoms with Gasteiger partial charge in [-0.15, -0.1) is 0 Å². The minimum Gasteiger partial charge on any atom is -0.392 e. The highest BCUT2D eigenvalue weighted by Crippen LogP contribution is 2.14. The molecule has 18 heavy (non-hydrogen) atoms. The Kier molecular flexibility index (Phi) is 3.66. The molecule has 1 atom stereocenters. The van der Waals surface area contributed by atoms with Crippen LogP contribution in [0, 0.1) is 12.8 Å². The average Bonchev–Trinajstić information content (AvgIpc) is 2.77. The van der Waals surface area contributed by atoms with Crippen molar-refractivity contribution < 1.29 is 9.63 Å². The van der Waals surface area contributed by atoms with Gasteiger partial charge in [0.15, 0.2) is 0 Å². The molecule has 0 bridgehead atoms. The lowest BCUT2D eigenvalue weighted by atomic mass is 10.0. The number of hydrogen-bond acceptors (Lipinski definition) is 6. The minimum absolute atomic E-state index is 0.154. The standard InChI is InChI=1S/C12H16N4O2/c1-7(2)10(17)6-11-15-12(16-18-11)9-4-5-13-8(3)14-9/h4-5,7,10,17H,6H2,1-3H3. The fourth-order valence-corrected chi connectivity index (χ4v) is 1.44. The summed E-state index contributed by atoms with van der Waals surface area (Å²) >= 11 is 0. The van der Waals surface area contributed by atoms with Gasteiger partial charge in [0.2, 0.25) is 11.7 Å². The van der Waals surface area contributed by atoms with E-state index in [-0.39, 0.29) is 5.92 Å². The van der Waals surface area contributed by atoms with Gasteiger partial charge in [0.1, 0.15) is 11.5 Å². The van der Waals surface area contributed by atoms with E-state index in [1.165, 1.54) is 0 Å². The highest BCUT2D eigenvalue weighted by Gasteiger charge is 2.16. The van der Waals surface area contributed by atoms with Gasteiger partial charge in [-0.05, 0) is 18.9 Å². The lowest BCUT2D eigenvalue weighted by molar-refractivity contribution is 0.116. The Labute approximate surface area is 105 Å². The molecule has 0 aliphatic heterocycles. The molecule has 1 unspecified atom stereocenters. The summed E-state index contributed by atoms with van der Waals surface area (Å²) < 4.78 is 5.10. The maximum absolute atomic E-state index is 9.75. The molecule has 2 rings (SSSR count). The lowest BCUT2D eigenvalue weighted by Gasteiger charge is -2.10. The van der Waals surface area contributed by atoms with Crippen LogP contribution < -0.4 is 0 Å². The van der Waals surface area contributed by atoms with Crippen LogP contribution >= 0.6 is 0 Å². The molecular formula is C12H16N4O2. The molecule has 2 aromatic heterocycles. The molecule has 0 fully saturated rings. The van der Waals surface area contributed by atoms with Crippen LogP contribution in [-0.2, 0) is 6.42 Å². The first kappa shape index (κ1) is 12.6. The third kappa shape index (κ3) is 2.89. The number of nitrogens with zero attached hydrogens (tertiary/aromatic N) is 4. The highest BCUT2D eigenvalue weighted by molar-refractivity contribution is 5.46. The van der Waals surface area contributed by atoms with Crippen LogP contribution in [0.25, 0.3) is 11.5 Å². The molecule has 0 spiro atoms. The van der Waals surface area contributed by atoms with Gasteiger partial charge in [0.25, 0.3) is 0 Å². The molecule has 2 aromatic rings. The minimum atomic E-state index is -0.481. The summed E-state index contributed by atoms with van der Waals surface area (Å²) in [5.74, 6) is 1.65. The van der Waals surface area contributed by atoms with Crippen LogP contribution in [0.2, 0.25) is 0 Å². The Morgan fingerprint density at radius 3 is 2.78 bits per heavy atom. The maximum atomic E-state index is 9.75. The van der Waals surface area contributed by atoms with E-state index < -0.39 is 6.10 Å². The van der Waals surface area contributed by atoms with E-state index in [1.54, 1.807) is 19.2 Å². The quantitative estimate of drug-likeness (QED) is 0.880. The van der Waals surface area contributed by atoms with Crippen molar-refractivity contribution in [2.75, 3.05) is 0 Å². The predicted molar refractivity (Wildman–Crippen MR) is 64.6 cm³/mol. The third-order valence-electron chi connectivity index (χ3n) is 2.63. The summed E-state index contributed by atoms with van der Waals surface area (Å²) in [4.78, 5) is 12.4. The SMILES string of the molecule is Cc1nccc(-c2noc(CC(O)C(C)C)n2)n1. The summed E-state index contributed by atoms with van der Waals surface area (Å²) in [6.07, 6.45) is 1.52. The first-order chi connectivity index (χ1) is 8.56. The zero-order chi connectivity index (χ0) is 13.1. The number of aryl methyl sites for hydroxylation is 1. The van der Waals surface area contributed by atoms with Gasteiger partial charge in [-0.3, -0.25) is 0 Å². The molecule has 0 aliphatic rings. The number of hydrogen-bond donors (Lipinski definition) is 1. The molecule has 2 heterocycles. The van der Waals surface area contributed by atoms with Crippen LogP contribution in [0.15, 0.2) is 16.8 Å². The Bertz CT molecular complexity index is 524. The van der Waals surface area contributed by atoms with E-state index in [0.29, 0.717) is 29.7 Å². The zero-order valence-corrected chi connectivity index (χ0v) is 10.7. The summed E-state index contributed by atoms with van der Waals surface area (Å²) in [7, 11) is 0. The summed E-state index contributed by atoms with van der Waals surface area (Å²) in [5, 5.41) is 13.6. The van der Waals surface area contributed by atoms with Crippen molar-refractivity contribution >= 4 is 0 Å². The number of aliphatic hydroxyl groups is 1. The molecule has 0 aromatic carbocycles. The molecule has 6 heteroatoms. The van der Waals surface area contributed by atoms with E-state index in [2.05, 4.69) is 20.1 Å². The summed E-state index contributed by atoms with van der Waals surface area (Å²) in [6, 6.07) is 1.72. The molecule has 96 valence electrons. The summed E-state index contributed by atoms with van der Waals surface area (Å²) in [5.41, 5.74) is 0.622. The molecule has 0 saturated heterocycles. The van der Waals surface area contributed by atoms with Crippen molar-refractivity contribution in [1.82, 2.24) is 20.1 Å². The zero-order valence-electron chi connectivity index (χ0n) is 10.7. The molecule has 0 radical (unpaired) electrons. The normalized spacial score (nSPS) is 12.9. The van der Waals surface area contributed by atoms with Gasteiger partial charge in [-0.2, -0.15) is 4.98 Å². The van der Waals surface area contributed by atoms with Crippen molar-refractivity contribution in [3.05, 3.63) is 24.0 Å². The van der Waals surface area contributed by atoms with E-state index in [0.717, 1.165) is 0 Å². The molecule has 6 nitrogen and oxygen atoms in total. The van der Waals surface area contributed by atoms with Crippen molar-refractivity contribution in [1.29, 1.82) is 0 Å². The second kappa shape index (κ2) is 5.22. The van der Waals surface area contributed by atoms with Gasteiger partial charge in [-0.25, -0.2) is 9.97 Å². The largest absolute Gasteiger partial charge is 0.392 e. The molecule has 1 N–H and O–H groups in total. The fourth-order valence-electron chi connectivity index (χ4n) is 1.44. The number of aromatic nitrogens is 4. The second-order valence-corrected chi connectivity index (χ2v) is 4.52. The third-order valence-corrected chi connectivity index (χ3v) is 2.63. The maximum Gasteiger partial charge on any atom is 0.229 e. The molecule has 0 saturated carbocycles. The van der Waals surface area contributed by atoms with Gasteiger partial charge in [0.05, 0.1) is 12.5 Å². The van der Waals surface area contributed by atoms with Gasteiger partial charge >= 0.3 is 0 Å². The fraction of sp³-hybridized carbons (Fsp3) is 0.500. The van der Waals surface area contributed by atoms with Crippen LogP contribution in [0.3, 0.4) is 0 Å². The second-order valence-electron chi connectivity index (χ2n) is 4.52. The van der Waals surface area contributed by atoms with E-state index in [4.69, 9.17) is 4.52 Å². The highest BCUT2D eigenvalue weighted by atomic mass is 16.5. The first-order valence-corrected chi connectivity index (χ1v) is 5.87. The smallest absolute Gasteiger partial charge is 0.229 e. The number of aliphatic hydroxyl groups excluding tert-OH is 1. The topological polar surface area (TPSA) is 84.9 Å².